The molecule has 0 saturated heterocycles. The van der Waals surface area contributed by atoms with Crippen LogP contribution in [0.5, 0.6) is 0 Å². The second-order valence-corrected chi connectivity index (χ2v) is 36.7. The number of para-hydroxylation sites is 4. The van der Waals surface area contributed by atoms with E-state index in [1.165, 1.54) is 72.0 Å². The van der Waals surface area contributed by atoms with Crippen molar-refractivity contribution in [3.63, 3.8) is 0 Å². The number of nitrogens with zero attached hydrogens (tertiary/aromatic N) is 4. The van der Waals surface area contributed by atoms with Gasteiger partial charge < -0.3 is 0 Å². The Balaban J connectivity index is 0.564. The van der Waals surface area contributed by atoms with Crippen molar-refractivity contribution in [2.24, 2.45) is 0 Å². The molecule has 0 radical (unpaired) electrons. The van der Waals surface area contributed by atoms with Crippen molar-refractivity contribution >= 4 is 65.2 Å². The van der Waals surface area contributed by atoms with E-state index >= 15 is 0 Å². The highest BCUT2D eigenvalue weighted by atomic mass is 15.1. The van der Waals surface area contributed by atoms with Crippen LogP contribution in [-0.2, 0) is 0 Å². The zero-order valence-corrected chi connectivity index (χ0v) is 77.8. The van der Waals surface area contributed by atoms with E-state index in [4.69, 9.17) is 9.97 Å². The van der Waals surface area contributed by atoms with Crippen LogP contribution in [0.4, 0.5) is 0 Å². The van der Waals surface area contributed by atoms with Gasteiger partial charge in [-0.15, -0.1) is 0 Å². The van der Waals surface area contributed by atoms with Gasteiger partial charge in [-0.25, -0.2) is 9.97 Å². The highest BCUT2D eigenvalue weighted by Gasteiger charge is 2.31. The van der Waals surface area contributed by atoms with Gasteiger partial charge >= 0.3 is 0 Å². The standard InChI is InChI=1S/C138H90N4/c1-10-40-94(41-11-1)119-89-121(130(98-46-16-4-17-47-98)133(100-50-20-6-21-51-100)129(119)97-44-14-3-15-45-97)96-78-72-91(73-79-96)92-74-80-102(81-75-92)127-111-62-28-32-66-115(111)136(116-67-33-29-63-112(116)127)138-140-124-85-84-106(88-126(124)142(138)110-60-26-9-27-61-110)93-76-82-103(83-77-93)132-120(95-42-12-2-13-43-95)90-122(131(99-48-18-5-19-49-99)134(132)101-52-22-7-23-53-101)107-56-38-54-104(86-107)105-55-39-57-108(87-105)128-113-64-30-34-68-117(113)135(118-69-35-31-65-114(118)128)137-139-123-70-36-37-71-125(123)141(137)109-58-24-8-25-59-109/h1-90H. The molecule has 0 N–H and O–H groups in total. The summed E-state index contributed by atoms with van der Waals surface area (Å²) in [7, 11) is 0. The van der Waals surface area contributed by atoms with Crippen LogP contribution >= 0.6 is 0 Å². The molecule has 26 aromatic rings. The zero-order valence-electron chi connectivity index (χ0n) is 77.8. The summed E-state index contributed by atoms with van der Waals surface area (Å²) >= 11 is 0. The van der Waals surface area contributed by atoms with Crippen molar-refractivity contribution in [1.82, 2.24) is 19.1 Å². The van der Waals surface area contributed by atoms with Gasteiger partial charge in [-0.05, 0) is 283 Å². The number of hydrogen-bond acceptors (Lipinski definition) is 2. The molecule has 2 heterocycles. The molecule has 0 aliphatic rings. The van der Waals surface area contributed by atoms with Crippen molar-refractivity contribution in [2.45, 2.75) is 0 Å². The Labute approximate surface area is 825 Å². The summed E-state index contributed by atoms with van der Waals surface area (Å²) in [6.45, 7) is 0. The van der Waals surface area contributed by atoms with E-state index in [0.29, 0.717) is 0 Å². The molecule has 0 aliphatic carbocycles. The second-order valence-electron chi connectivity index (χ2n) is 36.7. The molecule has 26 rings (SSSR count). The number of benzene rings is 24. The van der Waals surface area contributed by atoms with Crippen LogP contribution in [0.15, 0.2) is 546 Å². The first-order valence-electron chi connectivity index (χ1n) is 48.8. The van der Waals surface area contributed by atoms with Crippen LogP contribution < -0.4 is 0 Å². The lowest BCUT2D eigenvalue weighted by atomic mass is 9.78. The molecule has 4 nitrogen and oxygen atoms in total. The van der Waals surface area contributed by atoms with Crippen molar-refractivity contribution in [1.29, 1.82) is 0 Å². The molecule has 0 bridgehead atoms. The molecule has 0 unspecified atom stereocenters. The third-order valence-corrected chi connectivity index (χ3v) is 28.6. The molecular weight excluding hydrogens is 1710 g/mol. The van der Waals surface area contributed by atoms with Crippen LogP contribution in [0, 0.1) is 0 Å². The smallest absolute Gasteiger partial charge is 0.146 e. The van der Waals surface area contributed by atoms with E-state index in [1.54, 1.807) is 0 Å². The van der Waals surface area contributed by atoms with Crippen LogP contribution in [0.25, 0.3) is 266 Å². The van der Waals surface area contributed by atoms with Crippen LogP contribution in [0.2, 0.25) is 0 Å². The SMILES string of the molecule is c1ccc(-c2cc(-c3ccc(-c4ccc(-c5c6ccccc6c(-c6nc7ccc(-c8ccc(-c9c(-c%10ccccc%10)cc(-c%10cccc(-c%11cccc(-c%12c%13ccccc%13c(-c%13nc%14ccccc%14n%13-c%13ccccc%13)c%13ccccc%12%13)c%11)c%10)c(-c%10ccccc%10)c9-c9ccccc9)cc8)cc7n6-c6ccccc6)c6ccccc56)cc4)cc3)c(-c3ccccc3)c(-c3ccccc3)c2-c2ccccc2)cc1. The first kappa shape index (κ1) is 83.8. The predicted molar refractivity (Wildman–Crippen MR) is 598 cm³/mol. The minimum absolute atomic E-state index is 0.877. The molecule has 0 atom stereocenters. The van der Waals surface area contributed by atoms with Gasteiger partial charge in [0.15, 0.2) is 0 Å². The summed E-state index contributed by atoms with van der Waals surface area (Å²) in [5.41, 5.74) is 42.7. The summed E-state index contributed by atoms with van der Waals surface area (Å²) in [5.74, 6) is 1.79. The third-order valence-electron chi connectivity index (χ3n) is 28.6. The van der Waals surface area contributed by atoms with Gasteiger partial charge in [0.1, 0.15) is 11.6 Å². The molecule has 0 spiro atoms. The normalized spacial score (nSPS) is 11.5. The van der Waals surface area contributed by atoms with Gasteiger partial charge in [-0.2, -0.15) is 0 Å². The molecule has 2 aromatic heterocycles. The molecule has 0 aliphatic heterocycles. The van der Waals surface area contributed by atoms with Gasteiger partial charge in [0.05, 0.1) is 22.1 Å². The number of aromatic nitrogens is 4. The van der Waals surface area contributed by atoms with E-state index in [2.05, 4.69) is 555 Å². The fraction of sp³-hybridized carbons (Fsp3) is 0. The molecule has 24 aromatic carbocycles. The van der Waals surface area contributed by atoms with Gasteiger partial charge in [-0.1, -0.05) is 473 Å². The fourth-order valence-corrected chi connectivity index (χ4v) is 22.2. The maximum atomic E-state index is 5.77. The largest absolute Gasteiger partial charge is 0.292 e. The summed E-state index contributed by atoms with van der Waals surface area (Å²) < 4.78 is 4.72. The molecule has 662 valence electrons. The maximum absolute atomic E-state index is 5.77. The van der Waals surface area contributed by atoms with E-state index in [1.807, 2.05) is 0 Å². The Hall–Kier alpha value is -18.7. The topological polar surface area (TPSA) is 35.6 Å². The minimum Gasteiger partial charge on any atom is -0.292 e. The summed E-state index contributed by atoms with van der Waals surface area (Å²) in [6.07, 6.45) is 0. The predicted octanol–water partition coefficient (Wildman–Crippen LogP) is 37.3. The molecule has 0 saturated carbocycles. The van der Waals surface area contributed by atoms with Crippen molar-refractivity contribution in [2.75, 3.05) is 0 Å². The quantitative estimate of drug-likeness (QED) is 0.0757. The summed E-state index contributed by atoms with van der Waals surface area (Å²) in [4.78, 5) is 11.3. The highest BCUT2D eigenvalue weighted by Crippen LogP contribution is 2.56. The molecular formula is C138H90N4. The molecule has 0 fully saturated rings. The van der Waals surface area contributed by atoms with Crippen molar-refractivity contribution in [3.8, 4) is 201 Å². The average Bonchev–Trinajstić information content (AvgIpc) is 1.16. The Morgan fingerprint density at radius 2 is 0.345 bits per heavy atom. The Morgan fingerprint density at radius 3 is 0.732 bits per heavy atom. The number of hydrogen-bond donors (Lipinski definition) is 0. The van der Waals surface area contributed by atoms with Gasteiger partial charge in [-0.3, -0.25) is 9.13 Å². The van der Waals surface area contributed by atoms with Crippen molar-refractivity contribution < 1.29 is 0 Å². The Kier molecular flexibility index (Phi) is 21.3. The Morgan fingerprint density at radius 1 is 0.120 bits per heavy atom. The van der Waals surface area contributed by atoms with E-state index in [-0.39, 0.29) is 0 Å². The minimum atomic E-state index is 0.877. The molecule has 0 amide bonds. The van der Waals surface area contributed by atoms with Crippen LogP contribution in [0.1, 0.15) is 0 Å². The van der Waals surface area contributed by atoms with E-state index in [0.717, 1.165) is 194 Å². The molecule has 142 heavy (non-hydrogen) atoms. The lowest BCUT2D eigenvalue weighted by Crippen LogP contribution is -2.00. The molecule has 4 heteroatoms. The zero-order chi connectivity index (χ0) is 93.9. The number of imidazole rings is 2. The maximum Gasteiger partial charge on any atom is 0.146 e. The average molecular weight is 1800 g/mol. The monoisotopic (exact) mass is 1800 g/mol. The lowest BCUT2D eigenvalue weighted by molar-refractivity contribution is 1.11. The van der Waals surface area contributed by atoms with Gasteiger partial charge in [0, 0.05) is 22.5 Å². The summed E-state index contributed by atoms with van der Waals surface area (Å²) in [6, 6.07) is 200. The third kappa shape index (κ3) is 14.9. The first-order chi connectivity index (χ1) is 70.5. The van der Waals surface area contributed by atoms with Gasteiger partial charge in [0.2, 0.25) is 0 Å². The highest BCUT2D eigenvalue weighted by molar-refractivity contribution is 6.24. The number of rotatable bonds is 19. The van der Waals surface area contributed by atoms with E-state index < -0.39 is 0 Å². The van der Waals surface area contributed by atoms with Crippen LogP contribution in [0.3, 0.4) is 0 Å². The fourth-order valence-electron chi connectivity index (χ4n) is 22.2. The summed E-state index contributed by atoms with van der Waals surface area (Å²) in [5, 5.41) is 9.18. The first-order valence-corrected chi connectivity index (χ1v) is 48.8. The number of fused-ring (bicyclic) bond motifs is 6. The van der Waals surface area contributed by atoms with Crippen LogP contribution in [-0.4, -0.2) is 19.1 Å². The Bertz CT molecular complexity index is 9170. The van der Waals surface area contributed by atoms with E-state index in [9.17, 15) is 0 Å². The van der Waals surface area contributed by atoms with Crippen molar-refractivity contribution in [3.05, 3.63) is 546 Å². The second kappa shape index (κ2) is 36.1. The lowest BCUT2D eigenvalue weighted by Gasteiger charge is -2.25. The van der Waals surface area contributed by atoms with Gasteiger partial charge in [0.25, 0.3) is 0 Å².